The minimum atomic E-state index is 0. The lowest BCUT2D eigenvalue weighted by Gasteiger charge is -2.27. The van der Waals surface area contributed by atoms with Gasteiger partial charge in [-0.25, -0.2) is 5.01 Å². The van der Waals surface area contributed by atoms with Gasteiger partial charge in [0.25, 0.3) is 0 Å². The van der Waals surface area contributed by atoms with Crippen LogP contribution in [0.25, 0.3) is 0 Å². The van der Waals surface area contributed by atoms with E-state index in [0.29, 0.717) is 0 Å². The second-order valence-electron chi connectivity index (χ2n) is 4.02. The third kappa shape index (κ3) is 6.80. The minimum Gasteiger partial charge on any atom is -0.255 e. The van der Waals surface area contributed by atoms with E-state index in [2.05, 4.69) is 17.4 Å². The van der Waals surface area contributed by atoms with Crippen LogP contribution in [0.5, 0.6) is 0 Å². The van der Waals surface area contributed by atoms with Crippen molar-refractivity contribution in [1.29, 1.82) is 0 Å². The lowest BCUT2D eigenvalue weighted by atomic mass is 10.2. The summed E-state index contributed by atoms with van der Waals surface area (Å²) in [6.45, 7) is 5.96. The van der Waals surface area contributed by atoms with Crippen molar-refractivity contribution in [1.82, 2.24) is 10.4 Å². The fourth-order valence-corrected chi connectivity index (χ4v) is 1.84. The van der Waals surface area contributed by atoms with E-state index < -0.39 is 0 Å². The SMILES string of the molecule is Br.CCCCCCNN1CCCCC1. The second kappa shape index (κ2) is 9.94. The molecule has 1 fully saturated rings. The molecule has 0 radical (unpaired) electrons. The maximum Gasteiger partial charge on any atom is 0.0131 e. The monoisotopic (exact) mass is 264 g/mol. The van der Waals surface area contributed by atoms with Gasteiger partial charge in [-0.1, -0.05) is 32.6 Å². The van der Waals surface area contributed by atoms with Crippen molar-refractivity contribution < 1.29 is 0 Å². The highest BCUT2D eigenvalue weighted by atomic mass is 79.9. The third-order valence-corrected chi connectivity index (χ3v) is 2.72. The molecule has 14 heavy (non-hydrogen) atoms. The largest absolute Gasteiger partial charge is 0.255 e. The van der Waals surface area contributed by atoms with Gasteiger partial charge in [0.05, 0.1) is 0 Å². The molecule has 1 rings (SSSR count). The molecule has 86 valence electrons. The van der Waals surface area contributed by atoms with Gasteiger partial charge in [-0.2, -0.15) is 0 Å². The first-order valence-corrected chi connectivity index (χ1v) is 5.92. The predicted molar refractivity (Wildman–Crippen MR) is 67.9 cm³/mol. The normalized spacial score (nSPS) is 17.8. The Bertz CT molecular complexity index is 114. The van der Waals surface area contributed by atoms with Crippen LogP contribution >= 0.6 is 17.0 Å². The number of piperidine rings is 1. The van der Waals surface area contributed by atoms with Crippen molar-refractivity contribution in [2.45, 2.75) is 51.9 Å². The number of hydrogen-bond donors (Lipinski definition) is 1. The minimum absolute atomic E-state index is 0. The molecule has 3 heteroatoms. The number of unbranched alkanes of at least 4 members (excludes halogenated alkanes) is 3. The molecule has 0 aromatic carbocycles. The van der Waals surface area contributed by atoms with Gasteiger partial charge in [-0.3, -0.25) is 5.43 Å². The average molecular weight is 265 g/mol. The number of nitrogens with one attached hydrogen (secondary N) is 1. The summed E-state index contributed by atoms with van der Waals surface area (Å²) in [5.41, 5.74) is 3.51. The number of nitrogens with zero attached hydrogens (tertiary/aromatic N) is 1. The zero-order valence-corrected chi connectivity index (χ0v) is 11.1. The quantitative estimate of drug-likeness (QED) is 0.742. The molecule has 0 atom stereocenters. The van der Waals surface area contributed by atoms with Crippen molar-refractivity contribution in [2.24, 2.45) is 0 Å². The molecule has 1 heterocycles. The summed E-state index contributed by atoms with van der Waals surface area (Å²) < 4.78 is 0. The zero-order valence-electron chi connectivity index (χ0n) is 9.43. The molecule has 0 spiro atoms. The molecule has 0 aromatic heterocycles. The molecule has 0 aliphatic carbocycles. The molecule has 0 unspecified atom stereocenters. The Kier molecular flexibility index (Phi) is 10.2. The highest BCUT2D eigenvalue weighted by Crippen LogP contribution is 2.06. The lowest BCUT2D eigenvalue weighted by Crippen LogP contribution is -2.41. The van der Waals surface area contributed by atoms with Crippen LogP contribution in [0.2, 0.25) is 0 Å². The summed E-state index contributed by atoms with van der Waals surface area (Å²) in [5, 5.41) is 2.40. The third-order valence-electron chi connectivity index (χ3n) is 2.72. The Balaban J connectivity index is 0.00000169. The van der Waals surface area contributed by atoms with Crippen LogP contribution in [-0.2, 0) is 0 Å². The first kappa shape index (κ1) is 14.4. The van der Waals surface area contributed by atoms with Crippen LogP contribution < -0.4 is 5.43 Å². The number of hydrazine groups is 1. The summed E-state index contributed by atoms with van der Waals surface area (Å²) in [5.74, 6) is 0. The van der Waals surface area contributed by atoms with E-state index in [1.807, 2.05) is 0 Å². The fourth-order valence-electron chi connectivity index (χ4n) is 1.84. The van der Waals surface area contributed by atoms with E-state index in [9.17, 15) is 0 Å². The Labute approximate surface area is 99.2 Å². The Morgan fingerprint density at radius 2 is 1.71 bits per heavy atom. The fraction of sp³-hybridized carbons (Fsp3) is 1.00. The van der Waals surface area contributed by atoms with Crippen molar-refractivity contribution in [2.75, 3.05) is 19.6 Å². The van der Waals surface area contributed by atoms with Gasteiger partial charge < -0.3 is 0 Å². The molecule has 1 saturated heterocycles. The van der Waals surface area contributed by atoms with E-state index in [0.717, 1.165) is 0 Å². The maximum absolute atomic E-state index is 3.51. The molecule has 1 aliphatic rings. The number of rotatable bonds is 6. The molecular formula is C11H25BrN2. The van der Waals surface area contributed by atoms with Gasteiger partial charge in [0.15, 0.2) is 0 Å². The molecule has 1 N–H and O–H groups in total. The topological polar surface area (TPSA) is 15.3 Å². The molecule has 1 aliphatic heterocycles. The zero-order chi connectivity index (χ0) is 9.36. The van der Waals surface area contributed by atoms with Crippen molar-refractivity contribution in [3.63, 3.8) is 0 Å². The molecule has 0 saturated carbocycles. The van der Waals surface area contributed by atoms with Crippen LogP contribution in [0.1, 0.15) is 51.9 Å². The smallest absolute Gasteiger partial charge is 0.0131 e. The summed E-state index contributed by atoms with van der Waals surface area (Å²) >= 11 is 0. The van der Waals surface area contributed by atoms with Gasteiger partial charge in [-0.05, 0) is 19.3 Å². The van der Waals surface area contributed by atoms with Crippen LogP contribution in [0.4, 0.5) is 0 Å². The molecule has 2 nitrogen and oxygen atoms in total. The van der Waals surface area contributed by atoms with Crippen LogP contribution in [0.3, 0.4) is 0 Å². The highest BCUT2D eigenvalue weighted by molar-refractivity contribution is 8.93. The van der Waals surface area contributed by atoms with Gasteiger partial charge >= 0.3 is 0 Å². The average Bonchev–Trinajstić information content (AvgIpc) is 2.19. The summed E-state index contributed by atoms with van der Waals surface area (Å²) in [6, 6.07) is 0. The molecule has 0 bridgehead atoms. The van der Waals surface area contributed by atoms with Crippen LogP contribution in [-0.4, -0.2) is 24.6 Å². The molecule has 0 aromatic rings. The van der Waals surface area contributed by atoms with Gasteiger partial charge in [0.2, 0.25) is 0 Å². The highest BCUT2D eigenvalue weighted by Gasteiger charge is 2.07. The Hall–Kier alpha value is 0.400. The van der Waals surface area contributed by atoms with Crippen molar-refractivity contribution in [3.05, 3.63) is 0 Å². The van der Waals surface area contributed by atoms with E-state index in [4.69, 9.17) is 0 Å². The van der Waals surface area contributed by atoms with E-state index in [1.165, 1.54) is 64.6 Å². The first-order chi connectivity index (χ1) is 6.43. The molecular weight excluding hydrogens is 240 g/mol. The second-order valence-corrected chi connectivity index (χ2v) is 4.02. The van der Waals surface area contributed by atoms with Crippen LogP contribution in [0.15, 0.2) is 0 Å². The van der Waals surface area contributed by atoms with Gasteiger partial charge in [0.1, 0.15) is 0 Å². The Morgan fingerprint density at radius 3 is 2.36 bits per heavy atom. The van der Waals surface area contributed by atoms with E-state index in [1.54, 1.807) is 0 Å². The molecule has 0 amide bonds. The van der Waals surface area contributed by atoms with Gasteiger partial charge in [-0.15, -0.1) is 17.0 Å². The van der Waals surface area contributed by atoms with E-state index in [-0.39, 0.29) is 17.0 Å². The van der Waals surface area contributed by atoms with Gasteiger partial charge in [0, 0.05) is 19.6 Å². The van der Waals surface area contributed by atoms with Crippen LogP contribution in [0, 0.1) is 0 Å². The lowest BCUT2D eigenvalue weighted by molar-refractivity contribution is 0.153. The summed E-state index contributed by atoms with van der Waals surface area (Å²) in [6.07, 6.45) is 9.63. The van der Waals surface area contributed by atoms with Crippen molar-refractivity contribution in [3.8, 4) is 0 Å². The standard InChI is InChI=1S/C11H24N2.BrH/c1-2-3-4-6-9-12-13-10-7-5-8-11-13;/h12H,2-11H2,1H3;1H. The first-order valence-electron chi connectivity index (χ1n) is 5.92. The maximum atomic E-state index is 3.51. The number of halogens is 1. The van der Waals surface area contributed by atoms with E-state index >= 15 is 0 Å². The van der Waals surface area contributed by atoms with Crippen molar-refractivity contribution >= 4 is 17.0 Å². The summed E-state index contributed by atoms with van der Waals surface area (Å²) in [7, 11) is 0. The number of hydrogen-bond acceptors (Lipinski definition) is 2. The Morgan fingerprint density at radius 1 is 1.00 bits per heavy atom. The predicted octanol–water partition coefficient (Wildman–Crippen LogP) is 3.14. The summed E-state index contributed by atoms with van der Waals surface area (Å²) in [4.78, 5) is 0.